The molecule has 2 heterocycles. The summed E-state index contributed by atoms with van der Waals surface area (Å²) in [5.41, 5.74) is 0.759. The Morgan fingerprint density at radius 2 is 2.05 bits per heavy atom. The third-order valence-electron chi connectivity index (χ3n) is 2.51. The molecule has 0 saturated carbocycles. The maximum atomic E-state index is 5.38. The summed E-state index contributed by atoms with van der Waals surface area (Å²) in [6.07, 6.45) is 2.61. The number of aromatic nitrogens is 6. The third kappa shape index (κ3) is 3.19. The molecule has 20 heavy (non-hydrogen) atoms. The molecule has 0 aliphatic carbocycles. The lowest BCUT2D eigenvalue weighted by Gasteiger charge is -2.08. The Kier molecular flexibility index (Phi) is 4.80. The molecule has 0 fully saturated rings. The highest BCUT2D eigenvalue weighted by Gasteiger charge is 2.13. The van der Waals surface area contributed by atoms with Crippen molar-refractivity contribution < 1.29 is 4.74 Å². The second-order valence-electron chi connectivity index (χ2n) is 4.07. The van der Waals surface area contributed by atoms with Crippen LogP contribution >= 0.6 is 0 Å². The molecule has 0 spiro atoms. The number of hydrogen-bond donors (Lipinski definition) is 1. The van der Waals surface area contributed by atoms with E-state index in [-0.39, 0.29) is 0 Å². The Balaban J connectivity index is 2.40. The van der Waals surface area contributed by atoms with E-state index in [1.165, 1.54) is 0 Å². The summed E-state index contributed by atoms with van der Waals surface area (Å²) in [6.45, 7) is 7.94. The van der Waals surface area contributed by atoms with Gasteiger partial charge in [0.05, 0.1) is 12.8 Å². The fraction of sp³-hybridized carbons (Fsp3) is 0.583. The van der Waals surface area contributed by atoms with Crippen LogP contribution in [0.4, 0.5) is 5.95 Å². The lowest BCUT2D eigenvalue weighted by Crippen LogP contribution is -2.09. The van der Waals surface area contributed by atoms with Crippen molar-refractivity contribution in [3.8, 4) is 17.5 Å². The molecule has 0 amide bonds. The smallest absolute Gasteiger partial charge is 0.321 e. The fourth-order valence-corrected chi connectivity index (χ4v) is 1.71. The topological polar surface area (TPSA) is 90.6 Å². The molecule has 0 aromatic carbocycles. The molecule has 8 heteroatoms. The second kappa shape index (κ2) is 6.78. The molecule has 2 rings (SSSR count). The van der Waals surface area contributed by atoms with E-state index in [1.807, 2.05) is 13.8 Å². The van der Waals surface area contributed by atoms with Crippen LogP contribution in [0.5, 0.6) is 6.01 Å². The average Bonchev–Trinajstić information content (AvgIpc) is 2.88. The van der Waals surface area contributed by atoms with Crippen LogP contribution < -0.4 is 10.1 Å². The molecule has 2 aromatic rings. The van der Waals surface area contributed by atoms with Gasteiger partial charge in [0, 0.05) is 13.1 Å². The number of aryl methyl sites for hydroxylation is 1. The minimum absolute atomic E-state index is 0.303. The molecular weight excluding hydrogens is 258 g/mol. The highest BCUT2D eigenvalue weighted by atomic mass is 16.5. The van der Waals surface area contributed by atoms with Crippen LogP contribution in [-0.4, -0.2) is 43.1 Å². The van der Waals surface area contributed by atoms with Crippen LogP contribution in [-0.2, 0) is 6.54 Å². The van der Waals surface area contributed by atoms with Gasteiger partial charge in [-0.1, -0.05) is 12.1 Å². The van der Waals surface area contributed by atoms with Gasteiger partial charge in [0.25, 0.3) is 0 Å². The molecule has 2 aromatic heterocycles. The quantitative estimate of drug-likeness (QED) is 0.817. The first-order valence-electron chi connectivity index (χ1n) is 6.80. The van der Waals surface area contributed by atoms with Gasteiger partial charge in [-0.05, 0) is 20.3 Å². The molecule has 0 aliphatic heterocycles. The molecular formula is C12H19N7O. The number of rotatable bonds is 7. The third-order valence-corrected chi connectivity index (χ3v) is 2.51. The minimum atomic E-state index is 0.303. The minimum Gasteiger partial charge on any atom is -0.464 e. The van der Waals surface area contributed by atoms with Gasteiger partial charge in [-0.3, -0.25) is 0 Å². The zero-order valence-corrected chi connectivity index (χ0v) is 12.0. The molecule has 0 radical (unpaired) electrons. The summed E-state index contributed by atoms with van der Waals surface area (Å²) >= 11 is 0. The highest BCUT2D eigenvalue weighted by Crippen LogP contribution is 2.18. The Morgan fingerprint density at radius 1 is 1.20 bits per heavy atom. The van der Waals surface area contributed by atoms with E-state index in [1.54, 1.807) is 10.9 Å². The van der Waals surface area contributed by atoms with Crippen LogP contribution in [0.1, 0.15) is 27.2 Å². The van der Waals surface area contributed by atoms with E-state index in [4.69, 9.17) is 4.74 Å². The molecule has 0 bridgehead atoms. The number of anilines is 1. The van der Waals surface area contributed by atoms with Gasteiger partial charge >= 0.3 is 6.01 Å². The lowest BCUT2D eigenvalue weighted by molar-refractivity contribution is 0.312. The van der Waals surface area contributed by atoms with Crippen molar-refractivity contribution in [1.82, 2.24) is 29.9 Å². The summed E-state index contributed by atoms with van der Waals surface area (Å²) in [4.78, 5) is 12.9. The number of hydrogen-bond acceptors (Lipinski definition) is 7. The predicted molar refractivity (Wildman–Crippen MR) is 74.5 cm³/mol. The van der Waals surface area contributed by atoms with Crippen LogP contribution in [0.2, 0.25) is 0 Å². The Bertz CT molecular complexity index is 530. The average molecular weight is 277 g/mol. The van der Waals surface area contributed by atoms with Gasteiger partial charge in [-0.25, -0.2) is 4.68 Å². The first kappa shape index (κ1) is 14.2. The van der Waals surface area contributed by atoms with E-state index < -0.39 is 0 Å². The summed E-state index contributed by atoms with van der Waals surface area (Å²) in [6, 6.07) is 0.303. The van der Waals surface area contributed by atoms with Crippen LogP contribution in [0.25, 0.3) is 11.5 Å². The number of ether oxygens (including phenoxy) is 1. The number of nitrogens with one attached hydrogen (secondary N) is 1. The van der Waals surface area contributed by atoms with E-state index in [9.17, 15) is 0 Å². The number of nitrogens with zero attached hydrogens (tertiary/aromatic N) is 6. The van der Waals surface area contributed by atoms with Gasteiger partial charge in [0.2, 0.25) is 5.95 Å². The second-order valence-corrected chi connectivity index (χ2v) is 4.07. The predicted octanol–water partition coefficient (Wildman–Crippen LogP) is 1.37. The van der Waals surface area contributed by atoms with Crippen molar-refractivity contribution in [3.05, 3.63) is 6.20 Å². The standard InChI is InChI=1S/C12H19N7O/c1-4-7-19-9(8-14-18-19)10-15-11(13-5-2)17-12(16-10)20-6-3/h8H,4-7H2,1-3H3,(H,13,15,16,17). The van der Waals surface area contributed by atoms with Crippen molar-refractivity contribution in [2.75, 3.05) is 18.5 Å². The van der Waals surface area contributed by atoms with E-state index >= 15 is 0 Å². The maximum Gasteiger partial charge on any atom is 0.321 e. The first-order chi connectivity index (χ1) is 9.78. The highest BCUT2D eigenvalue weighted by molar-refractivity contribution is 5.50. The molecule has 0 aliphatic rings. The molecule has 0 atom stereocenters. The zero-order valence-electron chi connectivity index (χ0n) is 12.0. The van der Waals surface area contributed by atoms with Gasteiger partial charge in [0.1, 0.15) is 5.69 Å². The van der Waals surface area contributed by atoms with E-state index in [0.29, 0.717) is 24.4 Å². The summed E-state index contributed by atoms with van der Waals surface area (Å²) in [5, 5.41) is 11.0. The largest absolute Gasteiger partial charge is 0.464 e. The van der Waals surface area contributed by atoms with Crippen molar-refractivity contribution in [3.63, 3.8) is 0 Å². The van der Waals surface area contributed by atoms with Crippen LogP contribution in [0.3, 0.4) is 0 Å². The zero-order chi connectivity index (χ0) is 14.4. The van der Waals surface area contributed by atoms with Gasteiger partial charge in [0.15, 0.2) is 5.82 Å². The van der Waals surface area contributed by atoms with Crippen molar-refractivity contribution in [2.24, 2.45) is 0 Å². The molecule has 108 valence electrons. The van der Waals surface area contributed by atoms with Crippen LogP contribution in [0, 0.1) is 0 Å². The maximum absolute atomic E-state index is 5.38. The van der Waals surface area contributed by atoms with Gasteiger partial charge in [-0.15, -0.1) is 5.10 Å². The summed E-state index contributed by atoms with van der Waals surface area (Å²) in [5.74, 6) is 1.00. The Hall–Kier alpha value is -2.25. The first-order valence-corrected chi connectivity index (χ1v) is 6.80. The monoisotopic (exact) mass is 277 g/mol. The van der Waals surface area contributed by atoms with Crippen LogP contribution in [0.15, 0.2) is 6.20 Å². The van der Waals surface area contributed by atoms with Crippen molar-refractivity contribution >= 4 is 5.95 Å². The summed E-state index contributed by atoms with van der Waals surface area (Å²) < 4.78 is 7.16. The Labute approximate surface area is 117 Å². The molecule has 1 N–H and O–H groups in total. The van der Waals surface area contributed by atoms with E-state index in [0.717, 1.165) is 25.2 Å². The summed E-state index contributed by atoms with van der Waals surface area (Å²) in [7, 11) is 0. The Morgan fingerprint density at radius 3 is 2.75 bits per heavy atom. The fourth-order valence-electron chi connectivity index (χ4n) is 1.71. The molecule has 8 nitrogen and oxygen atoms in total. The van der Waals surface area contributed by atoms with Crippen molar-refractivity contribution in [1.29, 1.82) is 0 Å². The molecule has 0 saturated heterocycles. The van der Waals surface area contributed by atoms with E-state index in [2.05, 4.69) is 37.5 Å². The SMILES string of the molecule is CCCn1nncc1-c1nc(NCC)nc(OCC)n1. The lowest BCUT2D eigenvalue weighted by atomic mass is 10.4. The van der Waals surface area contributed by atoms with Gasteiger partial charge in [-0.2, -0.15) is 15.0 Å². The van der Waals surface area contributed by atoms with Gasteiger partial charge < -0.3 is 10.1 Å². The normalized spacial score (nSPS) is 10.6. The molecule has 0 unspecified atom stereocenters. The van der Waals surface area contributed by atoms with Crippen molar-refractivity contribution in [2.45, 2.75) is 33.7 Å².